The predicted molar refractivity (Wildman–Crippen MR) is 69.9 cm³/mol. The van der Waals surface area contributed by atoms with Crippen molar-refractivity contribution in [3.05, 3.63) is 35.4 Å². The highest BCUT2D eigenvalue weighted by molar-refractivity contribution is 5.96. The Labute approximate surface area is 112 Å². The summed E-state index contributed by atoms with van der Waals surface area (Å²) < 4.78 is 0. The summed E-state index contributed by atoms with van der Waals surface area (Å²) in [6.45, 7) is 0.354. The molecule has 0 saturated carbocycles. The minimum absolute atomic E-state index is 0.00375. The fourth-order valence-corrected chi connectivity index (χ4v) is 3.20. The number of nitrogens with zero attached hydrogens (tertiary/aromatic N) is 1. The number of hydrogen-bond donors (Lipinski definition) is 1. The lowest BCUT2D eigenvalue weighted by Crippen LogP contribution is -2.47. The Balaban J connectivity index is 1.92. The van der Waals surface area contributed by atoms with E-state index >= 15 is 0 Å². The molecule has 2 atom stereocenters. The van der Waals surface area contributed by atoms with Gasteiger partial charge in [-0.05, 0) is 37.3 Å². The summed E-state index contributed by atoms with van der Waals surface area (Å²) in [5.41, 5.74) is 1.84. The zero-order valence-corrected chi connectivity index (χ0v) is 10.7. The van der Waals surface area contributed by atoms with Gasteiger partial charge < -0.3 is 10.0 Å². The van der Waals surface area contributed by atoms with Crippen molar-refractivity contribution in [1.29, 1.82) is 0 Å². The second-order valence-electron chi connectivity index (χ2n) is 5.42. The van der Waals surface area contributed by atoms with E-state index in [0.29, 0.717) is 13.0 Å². The number of carboxylic acid groups (broad SMARTS) is 1. The first-order chi connectivity index (χ1) is 9.16. The standard InChI is InChI=1S/C15H17NO3/c17-14-13-4-2-1-3-10(13)5-7-12-8-6-11(15(18)19)9-16(12)14/h1-4,11-12H,5-9H2,(H,18,19). The molecule has 3 rings (SSSR count). The van der Waals surface area contributed by atoms with Crippen LogP contribution in [0.15, 0.2) is 24.3 Å². The molecule has 0 aromatic heterocycles. The number of benzene rings is 1. The van der Waals surface area contributed by atoms with E-state index < -0.39 is 11.9 Å². The van der Waals surface area contributed by atoms with Crippen molar-refractivity contribution in [2.24, 2.45) is 5.92 Å². The van der Waals surface area contributed by atoms with Gasteiger partial charge in [-0.15, -0.1) is 0 Å². The third-order valence-electron chi connectivity index (χ3n) is 4.31. The van der Waals surface area contributed by atoms with Crippen LogP contribution in [0.25, 0.3) is 0 Å². The van der Waals surface area contributed by atoms with E-state index in [1.54, 1.807) is 4.90 Å². The molecule has 100 valence electrons. The van der Waals surface area contributed by atoms with Gasteiger partial charge >= 0.3 is 5.97 Å². The number of aryl methyl sites for hydroxylation is 1. The Morgan fingerprint density at radius 3 is 2.79 bits per heavy atom. The Morgan fingerprint density at radius 1 is 1.21 bits per heavy atom. The number of aliphatic carboxylic acids is 1. The first kappa shape index (κ1) is 12.2. The molecule has 0 radical (unpaired) electrons. The lowest BCUT2D eigenvalue weighted by Gasteiger charge is -2.37. The van der Waals surface area contributed by atoms with E-state index in [2.05, 4.69) is 0 Å². The molecule has 1 N–H and O–H groups in total. The number of amides is 1. The van der Waals surface area contributed by atoms with E-state index in [-0.39, 0.29) is 11.9 Å². The topological polar surface area (TPSA) is 57.6 Å². The van der Waals surface area contributed by atoms with Gasteiger partial charge in [-0.3, -0.25) is 9.59 Å². The molecule has 0 bridgehead atoms. The average Bonchev–Trinajstić information content (AvgIpc) is 2.57. The Hall–Kier alpha value is -1.84. The molecule has 2 aliphatic rings. The molecule has 2 unspecified atom stereocenters. The summed E-state index contributed by atoms with van der Waals surface area (Å²) in [6.07, 6.45) is 3.33. The summed E-state index contributed by atoms with van der Waals surface area (Å²) in [6, 6.07) is 7.88. The third-order valence-corrected chi connectivity index (χ3v) is 4.31. The van der Waals surface area contributed by atoms with Crippen molar-refractivity contribution in [2.45, 2.75) is 31.7 Å². The molecule has 1 aromatic rings. The van der Waals surface area contributed by atoms with Crippen LogP contribution in [0.3, 0.4) is 0 Å². The van der Waals surface area contributed by atoms with Gasteiger partial charge in [-0.1, -0.05) is 18.2 Å². The zero-order valence-electron chi connectivity index (χ0n) is 10.7. The van der Waals surface area contributed by atoms with E-state index in [9.17, 15) is 9.59 Å². The number of carbonyl (C=O) groups excluding carboxylic acids is 1. The van der Waals surface area contributed by atoms with Crippen molar-refractivity contribution in [1.82, 2.24) is 4.90 Å². The number of piperidine rings is 1. The van der Waals surface area contributed by atoms with Crippen LogP contribution >= 0.6 is 0 Å². The number of fused-ring (bicyclic) bond motifs is 2. The zero-order chi connectivity index (χ0) is 13.4. The van der Waals surface area contributed by atoms with Gasteiger partial charge in [0.25, 0.3) is 5.91 Å². The average molecular weight is 259 g/mol. The van der Waals surface area contributed by atoms with E-state index in [0.717, 1.165) is 30.4 Å². The molecule has 19 heavy (non-hydrogen) atoms. The molecular weight excluding hydrogens is 242 g/mol. The Kier molecular flexibility index (Phi) is 3.01. The normalized spacial score (nSPS) is 26.3. The number of carboxylic acids is 1. The molecule has 2 aliphatic heterocycles. The van der Waals surface area contributed by atoms with Crippen molar-refractivity contribution in [3.63, 3.8) is 0 Å². The van der Waals surface area contributed by atoms with Gasteiger partial charge in [-0.25, -0.2) is 0 Å². The SMILES string of the molecule is O=C(O)C1CCC2CCc3ccccc3C(=O)N2C1. The number of hydrogen-bond acceptors (Lipinski definition) is 2. The highest BCUT2D eigenvalue weighted by atomic mass is 16.4. The summed E-state index contributed by atoms with van der Waals surface area (Å²) >= 11 is 0. The van der Waals surface area contributed by atoms with Gasteiger partial charge in [-0.2, -0.15) is 0 Å². The minimum Gasteiger partial charge on any atom is -0.481 e. The van der Waals surface area contributed by atoms with Crippen molar-refractivity contribution in [3.8, 4) is 0 Å². The van der Waals surface area contributed by atoms with Crippen LogP contribution in [0, 0.1) is 5.92 Å². The molecule has 1 saturated heterocycles. The smallest absolute Gasteiger partial charge is 0.308 e. The minimum atomic E-state index is -0.788. The van der Waals surface area contributed by atoms with Crippen LogP contribution in [0.1, 0.15) is 35.2 Å². The first-order valence-corrected chi connectivity index (χ1v) is 6.78. The molecule has 4 heteroatoms. The monoisotopic (exact) mass is 259 g/mol. The van der Waals surface area contributed by atoms with Crippen molar-refractivity contribution in [2.75, 3.05) is 6.54 Å². The van der Waals surface area contributed by atoms with E-state index in [1.165, 1.54) is 0 Å². The van der Waals surface area contributed by atoms with E-state index in [1.807, 2.05) is 24.3 Å². The van der Waals surface area contributed by atoms with Crippen LogP contribution in [0.2, 0.25) is 0 Å². The van der Waals surface area contributed by atoms with Gasteiger partial charge in [0.15, 0.2) is 0 Å². The molecular formula is C15H17NO3. The van der Waals surface area contributed by atoms with Crippen molar-refractivity contribution < 1.29 is 14.7 Å². The van der Waals surface area contributed by atoms with Crippen LogP contribution in [-0.4, -0.2) is 34.5 Å². The second-order valence-corrected chi connectivity index (χ2v) is 5.42. The number of carbonyl (C=O) groups is 2. The van der Waals surface area contributed by atoms with Gasteiger partial charge in [0.05, 0.1) is 5.92 Å². The van der Waals surface area contributed by atoms with Crippen LogP contribution < -0.4 is 0 Å². The van der Waals surface area contributed by atoms with Crippen LogP contribution in [0.5, 0.6) is 0 Å². The molecule has 1 amide bonds. The summed E-state index contributed by atoms with van der Waals surface area (Å²) in [5, 5.41) is 9.14. The first-order valence-electron chi connectivity index (χ1n) is 6.78. The van der Waals surface area contributed by atoms with Crippen molar-refractivity contribution >= 4 is 11.9 Å². The summed E-state index contributed by atoms with van der Waals surface area (Å²) in [5.74, 6) is -1.20. The summed E-state index contributed by atoms with van der Waals surface area (Å²) in [7, 11) is 0. The lowest BCUT2D eigenvalue weighted by atomic mass is 9.91. The number of rotatable bonds is 1. The maximum absolute atomic E-state index is 12.6. The Morgan fingerprint density at radius 2 is 2.00 bits per heavy atom. The third kappa shape index (κ3) is 2.11. The fourth-order valence-electron chi connectivity index (χ4n) is 3.20. The maximum atomic E-state index is 12.6. The van der Waals surface area contributed by atoms with Crippen LogP contribution in [-0.2, 0) is 11.2 Å². The molecule has 0 aliphatic carbocycles. The predicted octanol–water partition coefficient (Wildman–Crippen LogP) is 1.94. The largest absolute Gasteiger partial charge is 0.481 e. The van der Waals surface area contributed by atoms with Gasteiger partial charge in [0.2, 0.25) is 0 Å². The molecule has 1 aromatic carbocycles. The molecule has 4 nitrogen and oxygen atoms in total. The van der Waals surface area contributed by atoms with Gasteiger partial charge in [0, 0.05) is 18.2 Å². The van der Waals surface area contributed by atoms with Crippen LogP contribution in [0.4, 0.5) is 0 Å². The highest BCUT2D eigenvalue weighted by Crippen LogP contribution is 2.30. The quantitative estimate of drug-likeness (QED) is 0.838. The fraction of sp³-hybridized carbons (Fsp3) is 0.467. The lowest BCUT2D eigenvalue weighted by molar-refractivity contribution is -0.143. The maximum Gasteiger partial charge on any atom is 0.308 e. The molecule has 1 fully saturated rings. The summed E-state index contributed by atoms with van der Waals surface area (Å²) in [4.78, 5) is 25.5. The second kappa shape index (κ2) is 4.68. The van der Waals surface area contributed by atoms with E-state index in [4.69, 9.17) is 5.11 Å². The molecule has 2 heterocycles. The highest BCUT2D eigenvalue weighted by Gasteiger charge is 2.37. The Bertz CT molecular complexity index is 526. The van der Waals surface area contributed by atoms with Gasteiger partial charge in [0.1, 0.15) is 0 Å². The molecule has 0 spiro atoms.